The Bertz CT molecular complexity index is 1020. The van der Waals surface area contributed by atoms with Gasteiger partial charge < -0.3 is 23.7 Å². The van der Waals surface area contributed by atoms with Crippen molar-refractivity contribution in [3.8, 4) is 17.2 Å². The molecule has 0 aliphatic carbocycles. The Kier molecular flexibility index (Phi) is 9.29. The van der Waals surface area contributed by atoms with E-state index in [9.17, 15) is 9.59 Å². The fraction of sp³-hybridized carbons (Fsp3) is 0.231. The highest BCUT2D eigenvalue weighted by Crippen LogP contribution is 2.21. The quantitative estimate of drug-likeness (QED) is 0.227. The molecule has 0 atom stereocenters. The molecule has 0 spiro atoms. The summed E-state index contributed by atoms with van der Waals surface area (Å²) in [7, 11) is 0. The van der Waals surface area contributed by atoms with Crippen molar-refractivity contribution in [3.63, 3.8) is 0 Å². The molecule has 0 radical (unpaired) electrons. The number of benzene rings is 3. The van der Waals surface area contributed by atoms with Crippen LogP contribution in [-0.4, -0.2) is 45.0 Å². The standard InChI is InChI=1S/C26H26O7/c1-2-29-16-17-30-22-14-12-20(13-15-22)25(27)33-24-11-7-6-10-23(24)26(28)32-19-18-31-21-8-4-3-5-9-21/h3-15H,2,16-19H2,1H3. The van der Waals surface area contributed by atoms with Crippen LogP contribution >= 0.6 is 0 Å². The van der Waals surface area contributed by atoms with Gasteiger partial charge in [0.05, 0.1) is 12.2 Å². The lowest BCUT2D eigenvalue weighted by Gasteiger charge is -2.11. The second kappa shape index (κ2) is 12.9. The third-order valence-corrected chi connectivity index (χ3v) is 4.43. The van der Waals surface area contributed by atoms with Gasteiger partial charge in [-0.3, -0.25) is 0 Å². The zero-order chi connectivity index (χ0) is 23.3. The molecular formula is C26H26O7. The van der Waals surface area contributed by atoms with Gasteiger partial charge in [0.1, 0.15) is 42.6 Å². The first kappa shape index (κ1) is 23.8. The SMILES string of the molecule is CCOCCOc1ccc(C(=O)Oc2ccccc2C(=O)OCCOc2ccccc2)cc1. The van der Waals surface area contributed by atoms with Crippen LogP contribution in [0, 0.1) is 0 Å². The average molecular weight is 450 g/mol. The number of hydrogen-bond acceptors (Lipinski definition) is 7. The molecule has 0 aliphatic rings. The summed E-state index contributed by atoms with van der Waals surface area (Å²) in [5.74, 6) is 0.228. The summed E-state index contributed by atoms with van der Waals surface area (Å²) < 4.78 is 27.0. The highest BCUT2D eigenvalue weighted by Gasteiger charge is 2.17. The van der Waals surface area contributed by atoms with E-state index in [0.717, 1.165) is 0 Å². The van der Waals surface area contributed by atoms with Crippen LogP contribution in [0.25, 0.3) is 0 Å². The van der Waals surface area contributed by atoms with E-state index >= 15 is 0 Å². The number of rotatable bonds is 12. The molecule has 7 nitrogen and oxygen atoms in total. The van der Waals surface area contributed by atoms with Gasteiger partial charge in [-0.05, 0) is 55.5 Å². The van der Waals surface area contributed by atoms with Crippen LogP contribution in [0.15, 0.2) is 78.9 Å². The van der Waals surface area contributed by atoms with Crippen LogP contribution in [-0.2, 0) is 9.47 Å². The van der Waals surface area contributed by atoms with Gasteiger partial charge in [-0.2, -0.15) is 0 Å². The summed E-state index contributed by atoms with van der Waals surface area (Å²) in [4.78, 5) is 25.1. The van der Waals surface area contributed by atoms with Crippen LogP contribution in [0.4, 0.5) is 0 Å². The molecule has 33 heavy (non-hydrogen) atoms. The topological polar surface area (TPSA) is 80.3 Å². The van der Waals surface area contributed by atoms with Crippen molar-refractivity contribution < 1.29 is 33.3 Å². The van der Waals surface area contributed by atoms with Crippen molar-refractivity contribution in [2.75, 3.05) is 33.0 Å². The molecule has 0 fully saturated rings. The number of carbonyl (C=O) groups excluding carboxylic acids is 2. The van der Waals surface area contributed by atoms with E-state index in [0.29, 0.717) is 36.9 Å². The van der Waals surface area contributed by atoms with Gasteiger partial charge in [-0.25, -0.2) is 9.59 Å². The largest absolute Gasteiger partial charge is 0.491 e. The maximum absolute atomic E-state index is 12.6. The second-order valence-electron chi connectivity index (χ2n) is 6.75. The lowest BCUT2D eigenvalue weighted by atomic mass is 10.2. The van der Waals surface area contributed by atoms with E-state index in [1.54, 1.807) is 42.5 Å². The van der Waals surface area contributed by atoms with Crippen molar-refractivity contribution in [1.29, 1.82) is 0 Å². The normalized spacial score (nSPS) is 10.3. The van der Waals surface area contributed by atoms with Crippen LogP contribution < -0.4 is 14.2 Å². The fourth-order valence-electron chi connectivity index (χ4n) is 2.82. The van der Waals surface area contributed by atoms with Crippen LogP contribution in [0.5, 0.6) is 17.2 Å². The third-order valence-electron chi connectivity index (χ3n) is 4.43. The predicted molar refractivity (Wildman–Crippen MR) is 122 cm³/mol. The molecule has 0 N–H and O–H groups in total. The van der Waals surface area contributed by atoms with E-state index in [1.807, 2.05) is 37.3 Å². The van der Waals surface area contributed by atoms with Crippen molar-refractivity contribution in [1.82, 2.24) is 0 Å². The van der Waals surface area contributed by atoms with Crippen molar-refractivity contribution in [2.45, 2.75) is 6.92 Å². The Balaban J connectivity index is 1.52. The van der Waals surface area contributed by atoms with Crippen LogP contribution in [0.3, 0.4) is 0 Å². The summed E-state index contributed by atoms with van der Waals surface area (Å²) in [5, 5.41) is 0. The molecule has 0 amide bonds. The number of hydrogen-bond donors (Lipinski definition) is 0. The minimum Gasteiger partial charge on any atom is -0.491 e. The Labute approximate surface area is 192 Å². The number of ether oxygens (including phenoxy) is 5. The van der Waals surface area contributed by atoms with Crippen molar-refractivity contribution in [3.05, 3.63) is 90.0 Å². The first-order valence-electron chi connectivity index (χ1n) is 10.6. The molecule has 172 valence electrons. The summed E-state index contributed by atoms with van der Waals surface area (Å²) in [6, 6.07) is 22.2. The Morgan fingerprint density at radius 2 is 1.30 bits per heavy atom. The molecule has 7 heteroatoms. The summed E-state index contributed by atoms with van der Waals surface area (Å²) in [6.45, 7) is 3.72. The van der Waals surface area contributed by atoms with E-state index in [4.69, 9.17) is 23.7 Å². The molecule has 0 unspecified atom stereocenters. The van der Waals surface area contributed by atoms with E-state index in [1.165, 1.54) is 6.07 Å². The van der Waals surface area contributed by atoms with Crippen molar-refractivity contribution >= 4 is 11.9 Å². The summed E-state index contributed by atoms with van der Waals surface area (Å²) >= 11 is 0. The van der Waals surface area contributed by atoms with Gasteiger partial charge in [0, 0.05) is 6.61 Å². The molecule has 0 saturated heterocycles. The molecule has 3 aromatic rings. The zero-order valence-electron chi connectivity index (χ0n) is 18.4. The first-order valence-corrected chi connectivity index (χ1v) is 10.6. The third kappa shape index (κ3) is 7.66. The van der Waals surface area contributed by atoms with E-state index in [2.05, 4.69) is 0 Å². The van der Waals surface area contributed by atoms with Gasteiger partial charge >= 0.3 is 11.9 Å². The van der Waals surface area contributed by atoms with Gasteiger partial charge in [-0.15, -0.1) is 0 Å². The molecule has 0 bridgehead atoms. The zero-order valence-corrected chi connectivity index (χ0v) is 18.4. The second-order valence-corrected chi connectivity index (χ2v) is 6.75. The molecule has 3 rings (SSSR count). The van der Waals surface area contributed by atoms with Crippen LogP contribution in [0.1, 0.15) is 27.6 Å². The number of esters is 2. The van der Waals surface area contributed by atoms with Gasteiger partial charge in [0.25, 0.3) is 0 Å². The predicted octanol–water partition coefficient (Wildman–Crippen LogP) is 4.56. The minimum atomic E-state index is -0.604. The summed E-state index contributed by atoms with van der Waals surface area (Å²) in [5.41, 5.74) is 0.480. The molecule has 3 aromatic carbocycles. The molecule has 0 aromatic heterocycles. The number of para-hydroxylation sites is 2. The van der Waals surface area contributed by atoms with Gasteiger partial charge in [-0.1, -0.05) is 30.3 Å². The Morgan fingerprint density at radius 3 is 2.03 bits per heavy atom. The molecule has 0 heterocycles. The van der Waals surface area contributed by atoms with Gasteiger partial charge in [0.15, 0.2) is 0 Å². The fourth-order valence-corrected chi connectivity index (χ4v) is 2.82. The molecular weight excluding hydrogens is 424 g/mol. The maximum Gasteiger partial charge on any atom is 0.343 e. The lowest BCUT2D eigenvalue weighted by Crippen LogP contribution is -2.15. The summed E-state index contributed by atoms with van der Waals surface area (Å²) in [6.07, 6.45) is 0. The first-order chi connectivity index (χ1) is 16.2. The molecule has 0 aliphatic heterocycles. The lowest BCUT2D eigenvalue weighted by molar-refractivity contribution is 0.0445. The highest BCUT2D eigenvalue weighted by molar-refractivity contribution is 5.96. The molecule has 0 saturated carbocycles. The van der Waals surface area contributed by atoms with E-state index in [-0.39, 0.29) is 24.5 Å². The Hall–Kier alpha value is -3.84. The van der Waals surface area contributed by atoms with E-state index < -0.39 is 11.9 Å². The Morgan fingerprint density at radius 1 is 0.667 bits per heavy atom. The van der Waals surface area contributed by atoms with Crippen molar-refractivity contribution in [2.24, 2.45) is 0 Å². The van der Waals surface area contributed by atoms with Gasteiger partial charge in [0.2, 0.25) is 0 Å². The van der Waals surface area contributed by atoms with Crippen LogP contribution in [0.2, 0.25) is 0 Å². The monoisotopic (exact) mass is 450 g/mol. The minimum absolute atomic E-state index is 0.0563. The maximum atomic E-state index is 12.6. The smallest absolute Gasteiger partial charge is 0.343 e. The highest BCUT2D eigenvalue weighted by atomic mass is 16.6. The average Bonchev–Trinajstić information content (AvgIpc) is 2.86. The number of carbonyl (C=O) groups is 2.